The molecule has 0 saturated carbocycles. The largest absolute Gasteiger partial charge is 0.441 e. The third kappa shape index (κ3) is 3.57. The molecule has 0 aliphatic carbocycles. The Morgan fingerprint density at radius 1 is 1.15 bits per heavy atom. The molecule has 0 spiro atoms. The van der Waals surface area contributed by atoms with Gasteiger partial charge in [0.15, 0.2) is 17.3 Å². The Balaban J connectivity index is 1.39. The van der Waals surface area contributed by atoms with E-state index in [9.17, 15) is 4.79 Å². The zero-order valence-corrected chi connectivity index (χ0v) is 15.1. The number of aromatic nitrogens is 4. The van der Waals surface area contributed by atoms with E-state index in [1.165, 1.54) is 11.1 Å². The number of amides is 1. The summed E-state index contributed by atoms with van der Waals surface area (Å²) in [6, 6.07) is 11.7. The van der Waals surface area contributed by atoms with E-state index in [1.54, 1.807) is 16.8 Å². The second kappa shape index (κ2) is 7.03. The maximum Gasteiger partial charge on any atom is 0.235 e. The SMILES string of the molecule is Cc1ccc(-c2cnc(CCC(=O)Nc3nnc4ccccn34)o2)cc1C. The van der Waals surface area contributed by atoms with Crippen LogP contribution >= 0.6 is 0 Å². The van der Waals surface area contributed by atoms with E-state index in [0.29, 0.717) is 29.7 Å². The van der Waals surface area contributed by atoms with Crippen LogP contribution in [0.5, 0.6) is 0 Å². The van der Waals surface area contributed by atoms with Crippen molar-refractivity contribution in [2.24, 2.45) is 0 Å². The van der Waals surface area contributed by atoms with E-state index in [4.69, 9.17) is 4.42 Å². The molecular formula is C20H19N5O2. The minimum Gasteiger partial charge on any atom is -0.441 e. The molecule has 0 aliphatic rings. The fourth-order valence-electron chi connectivity index (χ4n) is 2.79. The number of benzene rings is 1. The van der Waals surface area contributed by atoms with E-state index in [1.807, 2.05) is 24.3 Å². The van der Waals surface area contributed by atoms with Crippen LogP contribution in [0, 0.1) is 13.8 Å². The van der Waals surface area contributed by atoms with Crippen LogP contribution in [-0.4, -0.2) is 25.5 Å². The van der Waals surface area contributed by atoms with Crippen molar-refractivity contribution in [3.05, 3.63) is 65.8 Å². The molecular weight excluding hydrogens is 342 g/mol. The van der Waals surface area contributed by atoms with Gasteiger partial charge >= 0.3 is 0 Å². The Morgan fingerprint density at radius 2 is 2.04 bits per heavy atom. The summed E-state index contributed by atoms with van der Waals surface area (Å²) in [7, 11) is 0. The molecule has 1 amide bonds. The van der Waals surface area contributed by atoms with Crippen LogP contribution in [0.1, 0.15) is 23.4 Å². The molecule has 7 heteroatoms. The van der Waals surface area contributed by atoms with Crippen molar-refractivity contribution in [2.75, 3.05) is 5.32 Å². The van der Waals surface area contributed by atoms with Gasteiger partial charge in [-0.25, -0.2) is 4.98 Å². The highest BCUT2D eigenvalue weighted by Gasteiger charge is 2.12. The maximum absolute atomic E-state index is 12.2. The summed E-state index contributed by atoms with van der Waals surface area (Å²) in [6.45, 7) is 4.14. The van der Waals surface area contributed by atoms with Gasteiger partial charge in [-0.15, -0.1) is 10.2 Å². The number of carbonyl (C=O) groups is 1. The average Bonchev–Trinajstić information content (AvgIpc) is 3.30. The van der Waals surface area contributed by atoms with Crippen LogP contribution in [0.25, 0.3) is 17.0 Å². The molecule has 27 heavy (non-hydrogen) atoms. The first-order valence-corrected chi connectivity index (χ1v) is 8.72. The van der Waals surface area contributed by atoms with Crippen molar-refractivity contribution in [3.8, 4) is 11.3 Å². The van der Waals surface area contributed by atoms with Crippen molar-refractivity contribution < 1.29 is 9.21 Å². The number of oxazole rings is 1. The van der Waals surface area contributed by atoms with Crippen LogP contribution in [0.4, 0.5) is 5.95 Å². The molecule has 3 heterocycles. The molecule has 0 unspecified atom stereocenters. The van der Waals surface area contributed by atoms with Gasteiger partial charge < -0.3 is 4.42 Å². The molecule has 0 aliphatic heterocycles. The number of rotatable bonds is 5. The fourth-order valence-corrected chi connectivity index (χ4v) is 2.79. The van der Waals surface area contributed by atoms with Crippen LogP contribution in [0.3, 0.4) is 0 Å². The molecule has 4 rings (SSSR count). The predicted octanol–water partition coefficient (Wildman–Crippen LogP) is 3.57. The van der Waals surface area contributed by atoms with Crippen LogP contribution in [0.15, 0.2) is 53.2 Å². The highest BCUT2D eigenvalue weighted by atomic mass is 16.4. The molecule has 1 aromatic carbocycles. The molecule has 7 nitrogen and oxygen atoms in total. The first kappa shape index (κ1) is 17.0. The Hall–Kier alpha value is -3.48. The smallest absolute Gasteiger partial charge is 0.235 e. The quantitative estimate of drug-likeness (QED) is 0.587. The summed E-state index contributed by atoms with van der Waals surface area (Å²) in [4.78, 5) is 16.5. The molecule has 1 N–H and O–H groups in total. The van der Waals surface area contributed by atoms with Gasteiger partial charge in [0.25, 0.3) is 0 Å². The van der Waals surface area contributed by atoms with Gasteiger partial charge in [0.1, 0.15) is 0 Å². The maximum atomic E-state index is 12.2. The predicted molar refractivity (Wildman–Crippen MR) is 101 cm³/mol. The third-order valence-electron chi connectivity index (χ3n) is 4.48. The molecule has 0 radical (unpaired) electrons. The first-order valence-electron chi connectivity index (χ1n) is 8.72. The molecule has 0 bridgehead atoms. The Labute approximate surface area is 156 Å². The summed E-state index contributed by atoms with van der Waals surface area (Å²) in [5.41, 5.74) is 4.09. The molecule has 0 fully saturated rings. The minimum atomic E-state index is -0.168. The number of pyridine rings is 1. The number of nitrogens with one attached hydrogen (secondary N) is 1. The lowest BCUT2D eigenvalue weighted by molar-refractivity contribution is -0.116. The lowest BCUT2D eigenvalue weighted by Gasteiger charge is -2.03. The minimum absolute atomic E-state index is 0.168. The topological polar surface area (TPSA) is 85.3 Å². The number of hydrogen-bond donors (Lipinski definition) is 1. The van der Waals surface area contributed by atoms with Crippen molar-refractivity contribution >= 4 is 17.5 Å². The van der Waals surface area contributed by atoms with E-state index < -0.39 is 0 Å². The standard InChI is InChI=1S/C20H19N5O2/c1-13-6-7-15(11-14(13)2)16-12-21-19(27-16)9-8-18(26)22-20-24-23-17-5-3-4-10-25(17)20/h3-7,10-12H,8-9H2,1-2H3,(H,22,24,26). The van der Waals surface area contributed by atoms with Gasteiger partial charge in [-0.05, 0) is 43.2 Å². The molecule has 136 valence electrons. The zero-order chi connectivity index (χ0) is 18.8. The summed E-state index contributed by atoms with van der Waals surface area (Å²) < 4.78 is 7.52. The Morgan fingerprint density at radius 3 is 2.89 bits per heavy atom. The number of nitrogens with zero attached hydrogens (tertiary/aromatic N) is 4. The van der Waals surface area contributed by atoms with E-state index in [0.717, 1.165) is 5.56 Å². The van der Waals surface area contributed by atoms with E-state index >= 15 is 0 Å². The molecule has 0 saturated heterocycles. The normalized spacial score (nSPS) is 11.0. The van der Waals surface area contributed by atoms with Crippen LogP contribution < -0.4 is 5.32 Å². The van der Waals surface area contributed by atoms with Gasteiger partial charge in [0.05, 0.1) is 6.20 Å². The second-order valence-electron chi connectivity index (χ2n) is 6.42. The van der Waals surface area contributed by atoms with Gasteiger partial charge in [-0.2, -0.15) is 0 Å². The fraction of sp³-hybridized carbons (Fsp3) is 0.200. The highest BCUT2D eigenvalue weighted by Crippen LogP contribution is 2.23. The van der Waals surface area contributed by atoms with Crippen LogP contribution in [-0.2, 0) is 11.2 Å². The van der Waals surface area contributed by atoms with Gasteiger partial charge in [-0.3, -0.25) is 14.5 Å². The number of aryl methyl sites for hydroxylation is 3. The summed E-state index contributed by atoms with van der Waals surface area (Å²) in [6.07, 6.45) is 4.15. The van der Waals surface area contributed by atoms with Crippen molar-refractivity contribution in [3.63, 3.8) is 0 Å². The van der Waals surface area contributed by atoms with Gasteiger partial charge in [0.2, 0.25) is 11.9 Å². The zero-order valence-electron chi connectivity index (χ0n) is 15.1. The van der Waals surface area contributed by atoms with E-state index in [-0.39, 0.29) is 12.3 Å². The summed E-state index contributed by atoms with van der Waals surface area (Å²) in [5.74, 6) is 1.47. The highest BCUT2D eigenvalue weighted by molar-refractivity contribution is 5.89. The molecule has 4 aromatic rings. The molecule has 3 aromatic heterocycles. The van der Waals surface area contributed by atoms with Gasteiger partial charge in [0, 0.05) is 24.6 Å². The summed E-state index contributed by atoms with van der Waals surface area (Å²) in [5, 5.41) is 10.8. The lowest BCUT2D eigenvalue weighted by atomic mass is 10.1. The van der Waals surface area contributed by atoms with E-state index in [2.05, 4.69) is 46.5 Å². The van der Waals surface area contributed by atoms with Gasteiger partial charge in [-0.1, -0.05) is 18.2 Å². The third-order valence-corrected chi connectivity index (χ3v) is 4.48. The molecule has 0 atom stereocenters. The average molecular weight is 361 g/mol. The first-order chi connectivity index (χ1) is 13.1. The monoisotopic (exact) mass is 361 g/mol. The van der Waals surface area contributed by atoms with Crippen molar-refractivity contribution in [2.45, 2.75) is 26.7 Å². The Bertz CT molecular complexity index is 1110. The number of hydrogen-bond acceptors (Lipinski definition) is 5. The Kier molecular flexibility index (Phi) is 4.42. The lowest BCUT2D eigenvalue weighted by Crippen LogP contribution is -2.14. The van der Waals surface area contributed by atoms with Crippen molar-refractivity contribution in [1.82, 2.24) is 19.6 Å². The number of fused-ring (bicyclic) bond motifs is 1. The second-order valence-corrected chi connectivity index (χ2v) is 6.42. The number of carbonyl (C=O) groups excluding carboxylic acids is 1. The van der Waals surface area contributed by atoms with Crippen molar-refractivity contribution in [1.29, 1.82) is 0 Å². The number of anilines is 1. The van der Waals surface area contributed by atoms with Crippen LogP contribution in [0.2, 0.25) is 0 Å². The summed E-state index contributed by atoms with van der Waals surface area (Å²) >= 11 is 0.